The Morgan fingerprint density at radius 2 is 1.50 bits per heavy atom. The van der Waals surface area contributed by atoms with Gasteiger partial charge in [-0.15, -0.1) is 0 Å². The Morgan fingerprint density at radius 1 is 0.891 bits per heavy atom. The molecule has 46 heavy (non-hydrogen) atoms. The second kappa shape index (κ2) is 13.3. The molecule has 244 valence electrons. The lowest BCUT2D eigenvalue weighted by molar-refractivity contribution is -0.217. The molecule has 7 rings (SSSR count). The number of hydrogen-bond acceptors (Lipinski definition) is 9. The number of hydrogen-bond donors (Lipinski definition) is 0. The lowest BCUT2D eigenvalue weighted by atomic mass is 9.96. The smallest absolute Gasteiger partial charge is 0.350 e. The quantitative estimate of drug-likeness (QED) is 0.240. The fourth-order valence-corrected chi connectivity index (χ4v) is 6.94. The first-order chi connectivity index (χ1) is 22.5. The van der Waals surface area contributed by atoms with E-state index in [9.17, 15) is 4.79 Å². The summed E-state index contributed by atoms with van der Waals surface area (Å²) >= 11 is 0. The van der Waals surface area contributed by atoms with Gasteiger partial charge in [0.2, 0.25) is 0 Å². The number of benzene rings is 2. The lowest BCUT2D eigenvalue weighted by Gasteiger charge is -2.37. The Hall–Kier alpha value is -4.16. The number of rotatable bonds is 11. The number of nitrogens with zero attached hydrogens (tertiary/aromatic N) is 8. The van der Waals surface area contributed by atoms with Crippen LogP contribution in [0, 0.1) is 5.92 Å². The van der Waals surface area contributed by atoms with E-state index in [0.29, 0.717) is 25.7 Å². The molecule has 2 aromatic carbocycles. The lowest BCUT2D eigenvalue weighted by Crippen LogP contribution is -2.46. The molecular weight excluding hydrogens is 584 g/mol. The van der Waals surface area contributed by atoms with Crippen LogP contribution in [0.15, 0.2) is 72.0 Å². The summed E-state index contributed by atoms with van der Waals surface area (Å²) in [4.78, 5) is 19.3. The third-order valence-corrected chi connectivity index (χ3v) is 9.80. The highest BCUT2D eigenvalue weighted by molar-refractivity contribution is 5.54. The van der Waals surface area contributed by atoms with Crippen molar-refractivity contribution in [2.45, 2.75) is 70.4 Å². The minimum absolute atomic E-state index is 0.0775. The monoisotopic (exact) mass is 628 g/mol. The Labute approximate surface area is 269 Å². The van der Waals surface area contributed by atoms with Gasteiger partial charge in [-0.05, 0) is 74.7 Å². The molecule has 3 atom stereocenters. The molecule has 4 aromatic rings. The first kappa shape index (κ1) is 30.5. The summed E-state index contributed by atoms with van der Waals surface area (Å²) in [6, 6.07) is 16.6. The van der Waals surface area contributed by atoms with Crippen molar-refractivity contribution in [1.82, 2.24) is 29.3 Å². The van der Waals surface area contributed by atoms with Crippen molar-refractivity contribution < 1.29 is 14.2 Å². The van der Waals surface area contributed by atoms with Gasteiger partial charge in [0.15, 0.2) is 5.79 Å². The average Bonchev–Trinajstić information content (AvgIpc) is 3.93. The topological polar surface area (TPSA) is 105 Å². The van der Waals surface area contributed by atoms with Gasteiger partial charge in [0.1, 0.15) is 31.3 Å². The van der Waals surface area contributed by atoms with Crippen molar-refractivity contribution in [3.8, 4) is 11.4 Å². The van der Waals surface area contributed by atoms with Gasteiger partial charge in [0, 0.05) is 43.5 Å². The minimum atomic E-state index is -0.686. The van der Waals surface area contributed by atoms with Gasteiger partial charge in [-0.2, -0.15) is 20.1 Å². The highest BCUT2D eigenvalue weighted by Crippen LogP contribution is 2.42. The van der Waals surface area contributed by atoms with Gasteiger partial charge in [-0.1, -0.05) is 19.8 Å². The highest BCUT2D eigenvalue weighted by Gasteiger charge is 2.49. The molecule has 0 radical (unpaired) electrons. The molecular formula is C34H44N8O4. The van der Waals surface area contributed by atoms with E-state index >= 15 is 0 Å². The van der Waals surface area contributed by atoms with E-state index in [1.165, 1.54) is 18.5 Å². The third-order valence-electron chi connectivity index (χ3n) is 9.80. The predicted molar refractivity (Wildman–Crippen MR) is 175 cm³/mol. The van der Waals surface area contributed by atoms with E-state index in [-0.39, 0.29) is 17.8 Å². The molecule has 0 bridgehead atoms. The Kier molecular flexibility index (Phi) is 8.81. The van der Waals surface area contributed by atoms with Crippen LogP contribution in [0.5, 0.6) is 5.75 Å². The van der Waals surface area contributed by atoms with E-state index in [1.54, 1.807) is 32.8 Å². The molecule has 0 spiro atoms. The van der Waals surface area contributed by atoms with Gasteiger partial charge in [-0.3, -0.25) is 0 Å². The summed E-state index contributed by atoms with van der Waals surface area (Å²) in [6.45, 7) is 9.18. The predicted octanol–water partition coefficient (Wildman–Crippen LogP) is 4.30. The average molecular weight is 629 g/mol. The summed E-state index contributed by atoms with van der Waals surface area (Å²) in [5, 5.41) is 12.9. The maximum absolute atomic E-state index is 12.8. The van der Waals surface area contributed by atoms with Crippen molar-refractivity contribution in [1.29, 1.82) is 0 Å². The number of aromatic nitrogens is 6. The third kappa shape index (κ3) is 6.28. The molecule has 3 fully saturated rings. The highest BCUT2D eigenvalue weighted by atomic mass is 16.8. The van der Waals surface area contributed by atoms with Crippen molar-refractivity contribution in [3.05, 3.63) is 77.7 Å². The standard InChI is InChI=1S/C34H44N8O4/c1-3-26(2)42-33(43)40(25-37-42)30-10-8-28(9-11-30)38-18-20-39(21-19-38)29-12-14-31(15-13-29)44-22-32-23-45-34(46-32,27-6-4-5-7-27)24-41-35-16-17-36-41/h8-17,25-27,32H,3-7,18-24H2,1-2H3/t26?,32-,34-/m1/s1. The van der Waals surface area contributed by atoms with Gasteiger partial charge in [0.25, 0.3) is 0 Å². The van der Waals surface area contributed by atoms with Crippen molar-refractivity contribution in [3.63, 3.8) is 0 Å². The molecule has 1 aliphatic carbocycles. The first-order valence-corrected chi connectivity index (χ1v) is 16.7. The van der Waals surface area contributed by atoms with Crippen LogP contribution in [0.4, 0.5) is 11.4 Å². The summed E-state index contributed by atoms with van der Waals surface area (Å²) in [6.07, 6.45) is 10.3. The van der Waals surface area contributed by atoms with E-state index in [0.717, 1.165) is 62.6 Å². The van der Waals surface area contributed by atoms with E-state index in [2.05, 4.69) is 56.3 Å². The number of anilines is 2. The first-order valence-electron chi connectivity index (χ1n) is 16.7. The van der Waals surface area contributed by atoms with Gasteiger partial charge < -0.3 is 24.0 Å². The zero-order valence-corrected chi connectivity index (χ0v) is 26.8. The van der Waals surface area contributed by atoms with Gasteiger partial charge in [0.05, 0.1) is 30.7 Å². The molecule has 0 N–H and O–H groups in total. The second-order valence-electron chi connectivity index (χ2n) is 12.7. The summed E-state index contributed by atoms with van der Waals surface area (Å²) < 4.78 is 22.2. The minimum Gasteiger partial charge on any atom is -0.491 e. The van der Waals surface area contributed by atoms with Crippen LogP contribution < -0.4 is 20.2 Å². The molecule has 1 saturated carbocycles. The SMILES string of the molecule is CCC(C)n1ncn(-c2ccc(N3CCN(c4ccc(OC[C@@H]5CO[C@@](Cn6nccn6)(C6CCCC6)O5)cc4)CC3)cc2)c1=O. The molecule has 0 amide bonds. The van der Waals surface area contributed by atoms with Crippen molar-refractivity contribution >= 4 is 11.4 Å². The van der Waals surface area contributed by atoms with Crippen molar-refractivity contribution in [2.24, 2.45) is 5.92 Å². The van der Waals surface area contributed by atoms with Crippen LogP contribution in [0.2, 0.25) is 0 Å². The van der Waals surface area contributed by atoms with E-state index < -0.39 is 5.79 Å². The van der Waals surface area contributed by atoms with E-state index in [4.69, 9.17) is 14.2 Å². The summed E-state index contributed by atoms with van der Waals surface area (Å²) in [5.74, 6) is 0.486. The molecule has 4 heterocycles. The Morgan fingerprint density at radius 3 is 2.13 bits per heavy atom. The van der Waals surface area contributed by atoms with Gasteiger partial charge in [-0.25, -0.2) is 14.0 Å². The molecule has 3 aliphatic rings. The molecule has 2 aromatic heterocycles. The zero-order valence-electron chi connectivity index (χ0n) is 26.8. The van der Waals surface area contributed by atoms with E-state index in [1.807, 2.05) is 31.2 Å². The van der Waals surface area contributed by atoms with Crippen LogP contribution in [-0.2, 0) is 16.0 Å². The molecule has 12 heteroatoms. The summed E-state index contributed by atoms with van der Waals surface area (Å²) in [5.41, 5.74) is 3.07. The van der Waals surface area contributed by atoms with Crippen LogP contribution in [0.1, 0.15) is 52.0 Å². The van der Waals surface area contributed by atoms with Crippen LogP contribution >= 0.6 is 0 Å². The second-order valence-corrected chi connectivity index (χ2v) is 12.7. The summed E-state index contributed by atoms with van der Waals surface area (Å²) in [7, 11) is 0. The fraction of sp³-hybridized carbons (Fsp3) is 0.529. The number of ether oxygens (including phenoxy) is 3. The van der Waals surface area contributed by atoms with Crippen LogP contribution in [-0.4, -0.2) is 80.6 Å². The van der Waals surface area contributed by atoms with Crippen LogP contribution in [0.25, 0.3) is 5.69 Å². The molecule has 2 aliphatic heterocycles. The van der Waals surface area contributed by atoms with Crippen molar-refractivity contribution in [2.75, 3.05) is 49.2 Å². The van der Waals surface area contributed by atoms with Crippen LogP contribution in [0.3, 0.4) is 0 Å². The fourth-order valence-electron chi connectivity index (χ4n) is 6.94. The Bertz CT molecular complexity index is 1610. The van der Waals surface area contributed by atoms with Gasteiger partial charge >= 0.3 is 5.69 Å². The Balaban J connectivity index is 0.901. The molecule has 12 nitrogen and oxygen atoms in total. The maximum atomic E-state index is 12.8. The maximum Gasteiger partial charge on any atom is 0.350 e. The normalized spacial score (nSPS) is 22.9. The molecule has 1 unspecified atom stereocenters. The zero-order chi connectivity index (χ0) is 31.5. The largest absolute Gasteiger partial charge is 0.491 e. The molecule has 2 saturated heterocycles. The number of piperazine rings is 1.